The van der Waals surface area contributed by atoms with Crippen molar-refractivity contribution in [1.82, 2.24) is 5.32 Å². The molecular weight excluding hydrogens is 320 g/mol. The number of ether oxygens (including phenoxy) is 1. The van der Waals surface area contributed by atoms with Crippen LogP contribution in [0.3, 0.4) is 0 Å². The summed E-state index contributed by atoms with van der Waals surface area (Å²) in [5.41, 5.74) is 4.12. The van der Waals surface area contributed by atoms with Gasteiger partial charge in [-0.2, -0.15) is 0 Å². The molecule has 0 saturated heterocycles. The molecule has 0 aliphatic heterocycles. The van der Waals surface area contributed by atoms with Crippen molar-refractivity contribution in [2.24, 2.45) is 0 Å². The average molecular weight is 348 g/mol. The van der Waals surface area contributed by atoms with Crippen LogP contribution in [0.2, 0.25) is 0 Å². The van der Waals surface area contributed by atoms with Crippen LogP contribution in [-0.4, -0.2) is 25.4 Å². The molecule has 2 aliphatic carbocycles. The van der Waals surface area contributed by atoms with Crippen LogP contribution in [0.25, 0.3) is 10.8 Å². The summed E-state index contributed by atoms with van der Waals surface area (Å²) in [5, 5.41) is 13.4. The minimum Gasteiger partial charge on any atom is -0.492 e. The number of rotatable bonds is 6. The first-order valence-corrected chi connectivity index (χ1v) is 9.63. The van der Waals surface area contributed by atoms with Gasteiger partial charge < -0.3 is 15.5 Å². The summed E-state index contributed by atoms with van der Waals surface area (Å²) >= 11 is 0. The van der Waals surface area contributed by atoms with Gasteiger partial charge in [-0.15, -0.1) is 0 Å². The third-order valence-corrected chi connectivity index (χ3v) is 5.49. The molecule has 0 spiro atoms. The van der Waals surface area contributed by atoms with Gasteiger partial charge in [0.25, 0.3) is 0 Å². The maximum Gasteiger partial charge on any atom is 0.127 e. The van der Waals surface area contributed by atoms with Crippen molar-refractivity contribution in [3.05, 3.63) is 65.3 Å². The third-order valence-electron chi connectivity index (χ3n) is 5.49. The molecule has 3 heteroatoms. The highest BCUT2D eigenvalue weighted by Crippen LogP contribution is 2.32. The summed E-state index contributed by atoms with van der Waals surface area (Å²) in [6, 6.07) is 12.6. The number of hydrogen-bond donors (Lipinski definition) is 2. The van der Waals surface area contributed by atoms with Gasteiger partial charge >= 0.3 is 0 Å². The van der Waals surface area contributed by atoms with E-state index in [1.54, 1.807) is 5.57 Å². The fourth-order valence-electron chi connectivity index (χ4n) is 4.19. The summed E-state index contributed by atoms with van der Waals surface area (Å²) in [5.74, 6) is 0.897. The van der Waals surface area contributed by atoms with E-state index < -0.39 is 0 Å². The van der Waals surface area contributed by atoms with Crippen LogP contribution < -0.4 is 10.1 Å². The van der Waals surface area contributed by atoms with Gasteiger partial charge in [0.05, 0.1) is 0 Å². The summed E-state index contributed by atoms with van der Waals surface area (Å²) in [6.07, 6.45) is 12.3. The highest BCUT2D eigenvalue weighted by Gasteiger charge is 2.22. The molecule has 0 saturated carbocycles. The Kier molecular flexibility index (Phi) is 5.16. The molecule has 3 nitrogen and oxygen atoms in total. The molecule has 4 rings (SSSR count). The Hall–Kier alpha value is -2.39. The Labute approximate surface area is 156 Å². The standard InChI is InChI=1S/C23H26N2O.H2/c24-16-18-12-13-23(21-10-4-3-8-19(18)21)26-15-14-25-22-11-5-7-17-6-1-2-9-20(17)22;/h2-4,8-10,12-13,16,22,24-25H,1,5-7,11,14-15H2;1H. The van der Waals surface area contributed by atoms with Crippen LogP contribution in [-0.2, 0) is 0 Å². The molecule has 2 aliphatic rings. The number of hydrogen-bond acceptors (Lipinski definition) is 3. The van der Waals surface area contributed by atoms with E-state index in [0.717, 1.165) is 28.6 Å². The maximum absolute atomic E-state index is 7.57. The normalized spacial score (nSPS) is 19.5. The van der Waals surface area contributed by atoms with Crippen molar-refractivity contribution in [2.75, 3.05) is 13.2 Å². The summed E-state index contributed by atoms with van der Waals surface area (Å²) in [4.78, 5) is 0. The Morgan fingerprint density at radius 2 is 2.04 bits per heavy atom. The first-order valence-electron chi connectivity index (χ1n) is 9.63. The van der Waals surface area contributed by atoms with Crippen molar-refractivity contribution in [3.63, 3.8) is 0 Å². The van der Waals surface area contributed by atoms with Crippen molar-refractivity contribution in [2.45, 2.75) is 38.1 Å². The molecule has 2 aromatic rings. The van der Waals surface area contributed by atoms with E-state index in [0.29, 0.717) is 12.6 Å². The van der Waals surface area contributed by atoms with Gasteiger partial charge in [-0.3, -0.25) is 0 Å². The number of nitrogens with one attached hydrogen (secondary N) is 2. The Bertz CT molecular complexity index is 872. The minimum absolute atomic E-state index is 0. The average Bonchev–Trinajstić information content (AvgIpc) is 2.71. The maximum atomic E-state index is 7.57. The van der Waals surface area contributed by atoms with Gasteiger partial charge in [0.15, 0.2) is 0 Å². The Morgan fingerprint density at radius 3 is 2.92 bits per heavy atom. The molecule has 0 heterocycles. The van der Waals surface area contributed by atoms with Crippen LogP contribution in [0.15, 0.2) is 59.7 Å². The monoisotopic (exact) mass is 348 g/mol. The molecular formula is C23H28N2O. The molecule has 136 valence electrons. The largest absolute Gasteiger partial charge is 0.492 e. The van der Waals surface area contributed by atoms with Gasteiger partial charge in [-0.25, -0.2) is 0 Å². The first-order chi connectivity index (χ1) is 12.9. The van der Waals surface area contributed by atoms with Gasteiger partial charge in [-0.1, -0.05) is 42.0 Å². The van der Waals surface area contributed by atoms with E-state index in [1.165, 1.54) is 43.9 Å². The lowest BCUT2D eigenvalue weighted by Crippen LogP contribution is -2.36. The van der Waals surface area contributed by atoms with E-state index in [4.69, 9.17) is 10.1 Å². The smallest absolute Gasteiger partial charge is 0.127 e. The zero-order chi connectivity index (χ0) is 17.8. The van der Waals surface area contributed by atoms with Gasteiger partial charge in [-0.05, 0) is 55.2 Å². The highest BCUT2D eigenvalue weighted by atomic mass is 16.5. The van der Waals surface area contributed by atoms with Gasteiger partial charge in [0, 0.05) is 31.2 Å². The molecule has 0 radical (unpaired) electrons. The topological polar surface area (TPSA) is 45.1 Å². The minimum atomic E-state index is 0. The van der Waals surface area contributed by atoms with E-state index in [2.05, 4.69) is 23.5 Å². The molecule has 1 unspecified atom stereocenters. The highest BCUT2D eigenvalue weighted by molar-refractivity contribution is 6.01. The van der Waals surface area contributed by atoms with Crippen LogP contribution in [0.5, 0.6) is 5.75 Å². The molecule has 2 aromatic carbocycles. The molecule has 0 amide bonds. The second-order valence-corrected chi connectivity index (χ2v) is 7.09. The number of fused-ring (bicyclic) bond motifs is 1. The zero-order valence-corrected chi connectivity index (χ0v) is 15.1. The van der Waals surface area contributed by atoms with E-state index >= 15 is 0 Å². The van der Waals surface area contributed by atoms with Crippen molar-refractivity contribution < 1.29 is 6.16 Å². The molecule has 0 bridgehead atoms. The summed E-state index contributed by atoms with van der Waals surface area (Å²) < 4.78 is 6.07. The lowest BCUT2D eigenvalue weighted by atomic mass is 9.83. The summed E-state index contributed by atoms with van der Waals surface area (Å²) in [7, 11) is 0. The molecule has 1 atom stereocenters. The number of allylic oxidation sites excluding steroid dienone is 2. The lowest BCUT2D eigenvalue weighted by molar-refractivity contribution is 0.308. The van der Waals surface area contributed by atoms with E-state index in [-0.39, 0.29) is 1.43 Å². The summed E-state index contributed by atoms with van der Waals surface area (Å²) in [6.45, 7) is 1.49. The van der Waals surface area contributed by atoms with Crippen LogP contribution in [0, 0.1) is 5.41 Å². The second kappa shape index (κ2) is 7.88. The predicted octanol–water partition coefficient (Wildman–Crippen LogP) is 5.25. The Morgan fingerprint density at radius 1 is 1.15 bits per heavy atom. The van der Waals surface area contributed by atoms with Crippen molar-refractivity contribution >= 4 is 17.0 Å². The van der Waals surface area contributed by atoms with Gasteiger partial charge in [0.1, 0.15) is 12.4 Å². The van der Waals surface area contributed by atoms with Crippen molar-refractivity contribution in [1.29, 1.82) is 5.41 Å². The van der Waals surface area contributed by atoms with Crippen molar-refractivity contribution in [3.8, 4) is 5.75 Å². The fourth-order valence-corrected chi connectivity index (χ4v) is 4.19. The SMILES string of the molecule is N=Cc1ccc(OCCNC2CCCC3=C2C=CCC3)c2ccccc12.[HH]. The van der Waals surface area contributed by atoms with E-state index in [1.807, 2.05) is 30.3 Å². The van der Waals surface area contributed by atoms with Crippen LogP contribution in [0.1, 0.15) is 39.1 Å². The van der Waals surface area contributed by atoms with Crippen LogP contribution in [0.4, 0.5) is 0 Å². The fraction of sp³-hybridized carbons (Fsp3) is 0.348. The third kappa shape index (κ3) is 3.45. The van der Waals surface area contributed by atoms with Gasteiger partial charge in [0.2, 0.25) is 0 Å². The van der Waals surface area contributed by atoms with E-state index in [9.17, 15) is 0 Å². The molecule has 0 aromatic heterocycles. The zero-order valence-electron chi connectivity index (χ0n) is 15.1. The molecule has 2 N–H and O–H groups in total. The Balaban J connectivity index is 0.00000210. The molecule has 0 fully saturated rings. The number of benzene rings is 2. The predicted molar refractivity (Wildman–Crippen MR) is 110 cm³/mol. The quantitative estimate of drug-likeness (QED) is 0.553. The first kappa shape index (κ1) is 17.0. The molecule has 26 heavy (non-hydrogen) atoms. The van der Waals surface area contributed by atoms with Crippen LogP contribution >= 0.6 is 0 Å². The second-order valence-electron chi connectivity index (χ2n) is 7.09. The lowest BCUT2D eigenvalue weighted by Gasteiger charge is -2.30.